The molecule has 0 spiro atoms. The molecule has 0 aliphatic carbocycles. The monoisotopic (exact) mass is 648 g/mol. The summed E-state index contributed by atoms with van der Waals surface area (Å²) in [5.74, 6) is -0.332. The van der Waals surface area contributed by atoms with Gasteiger partial charge in [0.15, 0.2) is 0 Å². The maximum atomic E-state index is 12.3. The van der Waals surface area contributed by atoms with E-state index in [1.807, 2.05) is 6.08 Å². The first-order valence-corrected chi connectivity index (χ1v) is 19.8. The van der Waals surface area contributed by atoms with Crippen molar-refractivity contribution in [1.82, 2.24) is 5.32 Å². The third kappa shape index (κ3) is 32.5. The fourth-order valence-electron chi connectivity index (χ4n) is 5.84. The number of aliphatic hydroxyl groups excluding tert-OH is 3. The highest BCUT2D eigenvalue weighted by Crippen LogP contribution is 2.14. The van der Waals surface area contributed by atoms with Gasteiger partial charge in [-0.25, -0.2) is 0 Å². The van der Waals surface area contributed by atoms with E-state index in [2.05, 4.69) is 43.5 Å². The van der Waals surface area contributed by atoms with Gasteiger partial charge in [0, 0.05) is 0 Å². The van der Waals surface area contributed by atoms with Crippen LogP contribution < -0.4 is 5.32 Å². The summed E-state index contributed by atoms with van der Waals surface area (Å²) in [5, 5.41) is 33.0. The summed E-state index contributed by atoms with van der Waals surface area (Å²) in [6.45, 7) is 4.16. The molecule has 0 heterocycles. The van der Waals surface area contributed by atoms with Crippen molar-refractivity contribution in [3.05, 3.63) is 36.5 Å². The Kier molecular flexibility index (Phi) is 35.3. The average Bonchev–Trinajstić information content (AvgIpc) is 3.05. The average molecular weight is 648 g/mol. The van der Waals surface area contributed by atoms with Crippen LogP contribution in [0.1, 0.15) is 194 Å². The zero-order chi connectivity index (χ0) is 33.8. The zero-order valence-electron chi connectivity index (χ0n) is 30.5. The summed E-state index contributed by atoms with van der Waals surface area (Å²) in [7, 11) is 0. The van der Waals surface area contributed by atoms with Crippen LogP contribution in [0, 0.1) is 0 Å². The molecule has 0 radical (unpaired) electrons. The maximum absolute atomic E-state index is 12.3. The molecule has 0 aromatic heterocycles. The lowest BCUT2D eigenvalue weighted by atomic mass is 10.0. The molecule has 3 atom stereocenters. The van der Waals surface area contributed by atoms with Gasteiger partial charge in [-0.3, -0.25) is 4.79 Å². The van der Waals surface area contributed by atoms with Gasteiger partial charge in [0.25, 0.3) is 0 Å². The second-order valence-electron chi connectivity index (χ2n) is 13.5. The van der Waals surface area contributed by atoms with E-state index >= 15 is 0 Å². The lowest BCUT2D eigenvalue weighted by molar-refractivity contribution is -0.124. The van der Waals surface area contributed by atoms with Gasteiger partial charge in [0.05, 0.1) is 31.3 Å². The van der Waals surface area contributed by atoms with Gasteiger partial charge in [-0.05, 0) is 44.9 Å². The molecule has 0 bridgehead atoms. The van der Waals surface area contributed by atoms with E-state index in [0.717, 1.165) is 38.5 Å². The molecule has 5 nitrogen and oxygen atoms in total. The predicted molar refractivity (Wildman–Crippen MR) is 199 cm³/mol. The summed E-state index contributed by atoms with van der Waals surface area (Å²) in [4.78, 5) is 12.3. The Balaban J connectivity index is 3.75. The number of allylic oxidation sites excluding steroid dienone is 5. The van der Waals surface area contributed by atoms with Crippen LogP contribution in [0.15, 0.2) is 36.5 Å². The fraction of sp³-hybridized carbons (Fsp3) is 0.829. The molecule has 1 amide bonds. The quantitative estimate of drug-likeness (QED) is 0.0407. The SMILES string of the molecule is CCCCCCCCCCCCCC/C=C/CC/C=C/CC/C=C/C(O)C(CO)NC(=O)CC(O)CCCCCCCCCCC. The van der Waals surface area contributed by atoms with Gasteiger partial charge < -0.3 is 20.6 Å². The van der Waals surface area contributed by atoms with Crippen LogP contribution in [0.3, 0.4) is 0 Å². The van der Waals surface area contributed by atoms with Crippen molar-refractivity contribution >= 4 is 5.91 Å². The summed E-state index contributed by atoms with van der Waals surface area (Å²) in [5.41, 5.74) is 0. The minimum atomic E-state index is -0.956. The molecule has 0 saturated heterocycles. The summed E-state index contributed by atoms with van der Waals surface area (Å²) in [6, 6.07) is -0.763. The topological polar surface area (TPSA) is 89.8 Å². The largest absolute Gasteiger partial charge is 0.394 e. The molecule has 5 heteroatoms. The van der Waals surface area contributed by atoms with Crippen LogP contribution in [0.4, 0.5) is 0 Å². The van der Waals surface area contributed by atoms with Crippen LogP contribution in [-0.4, -0.2) is 46.1 Å². The lowest BCUT2D eigenvalue weighted by Gasteiger charge is -2.21. The van der Waals surface area contributed by atoms with Crippen molar-refractivity contribution < 1.29 is 20.1 Å². The second-order valence-corrected chi connectivity index (χ2v) is 13.5. The Hall–Kier alpha value is -1.43. The van der Waals surface area contributed by atoms with E-state index in [0.29, 0.717) is 6.42 Å². The van der Waals surface area contributed by atoms with Crippen molar-refractivity contribution in [2.24, 2.45) is 0 Å². The molecular formula is C41H77NO4. The molecular weight excluding hydrogens is 570 g/mol. The number of nitrogens with one attached hydrogen (secondary N) is 1. The Morgan fingerprint density at radius 3 is 1.39 bits per heavy atom. The van der Waals surface area contributed by atoms with Gasteiger partial charge in [0.1, 0.15) is 0 Å². The van der Waals surface area contributed by atoms with Crippen molar-refractivity contribution in [2.75, 3.05) is 6.61 Å². The molecule has 0 fully saturated rings. The molecule has 3 unspecified atom stereocenters. The zero-order valence-corrected chi connectivity index (χ0v) is 30.5. The highest BCUT2D eigenvalue weighted by Gasteiger charge is 2.20. The lowest BCUT2D eigenvalue weighted by Crippen LogP contribution is -2.45. The third-order valence-corrected chi connectivity index (χ3v) is 8.91. The molecule has 4 N–H and O–H groups in total. The summed E-state index contributed by atoms with van der Waals surface area (Å²) >= 11 is 0. The van der Waals surface area contributed by atoms with Crippen molar-refractivity contribution in [2.45, 2.75) is 212 Å². The fourth-order valence-corrected chi connectivity index (χ4v) is 5.84. The van der Waals surface area contributed by atoms with Gasteiger partial charge in [-0.2, -0.15) is 0 Å². The van der Waals surface area contributed by atoms with E-state index in [-0.39, 0.29) is 18.9 Å². The number of rotatable bonds is 35. The first-order valence-electron chi connectivity index (χ1n) is 19.8. The van der Waals surface area contributed by atoms with E-state index in [1.165, 1.54) is 128 Å². The number of hydrogen-bond donors (Lipinski definition) is 4. The van der Waals surface area contributed by atoms with Crippen LogP contribution in [0.5, 0.6) is 0 Å². The Labute approximate surface area is 285 Å². The molecule has 0 aromatic rings. The van der Waals surface area contributed by atoms with E-state index in [9.17, 15) is 20.1 Å². The second kappa shape index (κ2) is 36.4. The smallest absolute Gasteiger partial charge is 0.222 e. The molecule has 0 rings (SSSR count). The number of carbonyl (C=O) groups is 1. The first-order chi connectivity index (χ1) is 22.5. The van der Waals surface area contributed by atoms with E-state index < -0.39 is 18.2 Å². The van der Waals surface area contributed by atoms with Gasteiger partial charge in [-0.1, -0.05) is 179 Å². The normalized spacial score (nSPS) is 14.1. The van der Waals surface area contributed by atoms with Crippen LogP contribution in [0.2, 0.25) is 0 Å². The number of amides is 1. The Morgan fingerprint density at radius 1 is 0.543 bits per heavy atom. The molecule has 0 aliphatic heterocycles. The third-order valence-electron chi connectivity index (χ3n) is 8.91. The van der Waals surface area contributed by atoms with Gasteiger partial charge in [-0.15, -0.1) is 0 Å². The standard InChI is InChI=1S/C41H77NO4/c1-3-5-7-9-11-13-14-15-16-17-18-19-20-21-22-23-24-25-27-29-31-33-35-40(45)39(37-43)42-41(46)36-38(44)34-32-30-28-26-12-10-8-6-4-2/h21-22,25,27,33,35,38-40,43-45H,3-20,23-24,26,28-32,34,36-37H2,1-2H3,(H,42,46)/b22-21+,27-25+,35-33+. The number of carbonyl (C=O) groups excluding carboxylic acids is 1. The highest BCUT2D eigenvalue weighted by atomic mass is 16.3. The summed E-state index contributed by atoms with van der Waals surface area (Å²) in [6.07, 6.45) is 44.3. The Bertz CT molecular complexity index is 719. The highest BCUT2D eigenvalue weighted by molar-refractivity contribution is 5.76. The maximum Gasteiger partial charge on any atom is 0.222 e. The molecule has 270 valence electrons. The van der Waals surface area contributed by atoms with Gasteiger partial charge >= 0.3 is 0 Å². The number of hydrogen-bond acceptors (Lipinski definition) is 4. The minimum Gasteiger partial charge on any atom is -0.394 e. The van der Waals surface area contributed by atoms with Crippen LogP contribution in [-0.2, 0) is 4.79 Å². The van der Waals surface area contributed by atoms with Gasteiger partial charge in [0.2, 0.25) is 5.91 Å². The van der Waals surface area contributed by atoms with Crippen LogP contribution in [0.25, 0.3) is 0 Å². The first kappa shape index (κ1) is 44.6. The Morgan fingerprint density at radius 2 is 0.935 bits per heavy atom. The predicted octanol–water partition coefficient (Wildman–Crippen LogP) is 10.8. The number of aliphatic hydroxyl groups is 3. The van der Waals surface area contributed by atoms with Crippen LogP contribution >= 0.6 is 0 Å². The molecule has 0 saturated carbocycles. The van der Waals surface area contributed by atoms with Crippen molar-refractivity contribution in [3.8, 4) is 0 Å². The minimum absolute atomic E-state index is 0.00331. The van der Waals surface area contributed by atoms with Crippen molar-refractivity contribution in [3.63, 3.8) is 0 Å². The molecule has 0 aromatic carbocycles. The summed E-state index contributed by atoms with van der Waals surface area (Å²) < 4.78 is 0. The van der Waals surface area contributed by atoms with E-state index in [4.69, 9.17) is 0 Å². The number of unbranched alkanes of at least 4 members (excludes halogenated alkanes) is 22. The molecule has 0 aliphatic rings. The molecule has 46 heavy (non-hydrogen) atoms. The van der Waals surface area contributed by atoms with Crippen molar-refractivity contribution in [1.29, 1.82) is 0 Å². The van der Waals surface area contributed by atoms with E-state index in [1.54, 1.807) is 6.08 Å².